The summed E-state index contributed by atoms with van der Waals surface area (Å²) in [6.45, 7) is 2.88. The number of nitrogens with one attached hydrogen (secondary N) is 1. The van der Waals surface area contributed by atoms with Crippen molar-refractivity contribution in [1.82, 2.24) is 5.32 Å². The molecule has 0 saturated heterocycles. The van der Waals surface area contributed by atoms with Crippen LogP contribution >= 0.6 is 0 Å². The van der Waals surface area contributed by atoms with E-state index < -0.39 is 0 Å². The minimum absolute atomic E-state index is 0.0383. The number of furan rings is 1. The summed E-state index contributed by atoms with van der Waals surface area (Å²) in [7, 11) is 3.56. The molecule has 5 heteroatoms. The van der Waals surface area contributed by atoms with Crippen molar-refractivity contribution in [2.45, 2.75) is 6.04 Å². The van der Waals surface area contributed by atoms with E-state index in [9.17, 15) is 0 Å². The molecule has 1 N–H and O–H groups in total. The number of benzene rings is 1. The minimum atomic E-state index is 0.0383. The van der Waals surface area contributed by atoms with E-state index in [0.29, 0.717) is 33.0 Å². The molecule has 0 radical (unpaired) electrons. The predicted molar refractivity (Wildman–Crippen MR) is 81.5 cm³/mol. The van der Waals surface area contributed by atoms with Crippen LogP contribution in [0.1, 0.15) is 11.8 Å². The molecular weight excluding hydrogens is 270 g/mol. The average molecular weight is 293 g/mol. The first-order valence-corrected chi connectivity index (χ1v) is 7.15. The Morgan fingerprint density at radius 2 is 1.86 bits per heavy atom. The van der Waals surface area contributed by atoms with E-state index in [0.717, 1.165) is 16.7 Å². The lowest BCUT2D eigenvalue weighted by atomic mass is 10.2. The van der Waals surface area contributed by atoms with Crippen LogP contribution in [-0.4, -0.2) is 47.2 Å². The SMILES string of the molecule is CNC(COCCOCCOC)c1cc2ccccc2o1. The number of methoxy groups -OCH3 is 1. The highest BCUT2D eigenvalue weighted by atomic mass is 16.5. The lowest BCUT2D eigenvalue weighted by Gasteiger charge is -2.14. The maximum atomic E-state index is 5.84. The summed E-state index contributed by atoms with van der Waals surface area (Å²) in [5, 5.41) is 4.32. The van der Waals surface area contributed by atoms with Crippen molar-refractivity contribution in [2.24, 2.45) is 0 Å². The molecule has 116 valence electrons. The zero-order valence-corrected chi connectivity index (χ0v) is 12.6. The van der Waals surface area contributed by atoms with Gasteiger partial charge in [0.1, 0.15) is 11.3 Å². The molecule has 0 saturated carbocycles. The van der Waals surface area contributed by atoms with Crippen molar-refractivity contribution < 1.29 is 18.6 Å². The van der Waals surface area contributed by atoms with Crippen LogP contribution in [-0.2, 0) is 14.2 Å². The highest BCUT2D eigenvalue weighted by Crippen LogP contribution is 2.23. The van der Waals surface area contributed by atoms with Gasteiger partial charge in [-0.3, -0.25) is 0 Å². The summed E-state index contributed by atoms with van der Waals surface area (Å²) in [5.74, 6) is 0.888. The third kappa shape index (κ3) is 4.82. The Kier molecular flexibility index (Phi) is 6.69. The number of para-hydroxylation sites is 1. The lowest BCUT2D eigenvalue weighted by molar-refractivity contribution is 0.0185. The molecule has 0 fully saturated rings. The van der Waals surface area contributed by atoms with Gasteiger partial charge < -0.3 is 23.9 Å². The fourth-order valence-corrected chi connectivity index (χ4v) is 2.05. The third-order valence-electron chi connectivity index (χ3n) is 3.22. The van der Waals surface area contributed by atoms with Crippen molar-refractivity contribution in [3.63, 3.8) is 0 Å². The summed E-state index contributed by atoms with van der Waals surface area (Å²) in [4.78, 5) is 0. The molecule has 1 atom stereocenters. The molecule has 1 unspecified atom stereocenters. The molecule has 0 aliphatic rings. The van der Waals surface area contributed by atoms with Crippen LogP contribution in [0, 0.1) is 0 Å². The van der Waals surface area contributed by atoms with Gasteiger partial charge in [-0.15, -0.1) is 0 Å². The second kappa shape index (κ2) is 8.79. The van der Waals surface area contributed by atoms with Crippen molar-refractivity contribution >= 4 is 11.0 Å². The van der Waals surface area contributed by atoms with Gasteiger partial charge in [-0.2, -0.15) is 0 Å². The van der Waals surface area contributed by atoms with Crippen LogP contribution < -0.4 is 5.32 Å². The Morgan fingerprint density at radius 3 is 2.62 bits per heavy atom. The van der Waals surface area contributed by atoms with Crippen LogP contribution in [0.15, 0.2) is 34.7 Å². The van der Waals surface area contributed by atoms with E-state index in [1.54, 1.807) is 7.11 Å². The summed E-state index contributed by atoms with van der Waals surface area (Å²) in [6, 6.07) is 10.1. The standard InChI is InChI=1S/C16H23NO4/c1-17-14(12-20-10-9-19-8-7-18-2)16-11-13-5-3-4-6-15(13)21-16/h3-6,11,14,17H,7-10,12H2,1-2H3. The molecule has 5 nitrogen and oxygen atoms in total. The molecule has 0 aliphatic heterocycles. The van der Waals surface area contributed by atoms with E-state index in [2.05, 4.69) is 11.4 Å². The van der Waals surface area contributed by atoms with E-state index in [-0.39, 0.29) is 6.04 Å². The van der Waals surface area contributed by atoms with Crippen LogP contribution in [0.4, 0.5) is 0 Å². The third-order valence-corrected chi connectivity index (χ3v) is 3.22. The number of fused-ring (bicyclic) bond motifs is 1. The first-order valence-electron chi connectivity index (χ1n) is 7.15. The maximum Gasteiger partial charge on any atom is 0.134 e. The molecule has 1 heterocycles. The predicted octanol–water partition coefficient (Wildman–Crippen LogP) is 2.37. The molecular formula is C16H23NO4. The van der Waals surface area contributed by atoms with Gasteiger partial charge in [0.2, 0.25) is 0 Å². The molecule has 0 spiro atoms. The summed E-state index contributed by atoms with van der Waals surface area (Å²) in [6.07, 6.45) is 0. The van der Waals surface area contributed by atoms with Crippen LogP contribution in [0.25, 0.3) is 11.0 Å². The number of rotatable bonds is 10. The molecule has 1 aromatic carbocycles. The maximum absolute atomic E-state index is 5.84. The van der Waals surface area contributed by atoms with Gasteiger partial charge in [0, 0.05) is 12.5 Å². The number of likely N-dealkylation sites (N-methyl/N-ethyl adjacent to an activating group) is 1. The van der Waals surface area contributed by atoms with Gasteiger partial charge in [0.25, 0.3) is 0 Å². The van der Waals surface area contributed by atoms with Gasteiger partial charge in [-0.1, -0.05) is 18.2 Å². The highest BCUT2D eigenvalue weighted by Gasteiger charge is 2.14. The Bertz CT molecular complexity index is 493. The van der Waals surface area contributed by atoms with Crippen LogP contribution in [0.2, 0.25) is 0 Å². The van der Waals surface area contributed by atoms with Crippen molar-refractivity contribution in [3.05, 3.63) is 36.1 Å². The molecule has 21 heavy (non-hydrogen) atoms. The highest BCUT2D eigenvalue weighted by molar-refractivity contribution is 5.77. The zero-order chi connectivity index (χ0) is 14.9. The van der Waals surface area contributed by atoms with Crippen molar-refractivity contribution in [2.75, 3.05) is 47.2 Å². The number of hydrogen-bond acceptors (Lipinski definition) is 5. The first-order chi connectivity index (χ1) is 10.3. The van der Waals surface area contributed by atoms with E-state index in [1.165, 1.54) is 0 Å². The fraction of sp³-hybridized carbons (Fsp3) is 0.500. The van der Waals surface area contributed by atoms with Gasteiger partial charge in [0.05, 0.1) is 39.1 Å². The van der Waals surface area contributed by atoms with Crippen LogP contribution in [0.5, 0.6) is 0 Å². The van der Waals surface area contributed by atoms with Gasteiger partial charge >= 0.3 is 0 Å². The fourth-order valence-electron chi connectivity index (χ4n) is 2.05. The van der Waals surface area contributed by atoms with Crippen molar-refractivity contribution in [1.29, 1.82) is 0 Å². The van der Waals surface area contributed by atoms with E-state index in [4.69, 9.17) is 18.6 Å². The molecule has 0 bridgehead atoms. The molecule has 0 aliphatic carbocycles. The summed E-state index contributed by atoms with van der Waals surface area (Å²) < 4.78 is 21.7. The van der Waals surface area contributed by atoms with Crippen LogP contribution in [0.3, 0.4) is 0 Å². The number of hydrogen-bond donors (Lipinski definition) is 1. The molecule has 2 rings (SSSR count). The van der Waals surface area contributed by atoms with E-state index in [1.807, 2.05) is 31.3 Å². The molecule has 2 aromatic rings. The second-order valence-corrected chi connectivity index (χ2v) is 4.71. The largest absolute Gasteiger partial charge is 0.459 e. The minimum Gasteiger partial charge on any atom is -0.459 e. The quantitative estimate of drug-likeness (QED) is 0.682. The summed E-state index contributed by atoms with van der Waals surface area (Å²) in [5.41, 5.74) is 0.899. The average Bonchev–Trinajstić information content (AvgIpc) is 2.94. The summed E-state index contributed by atoms with van der Waals surface area (Å²) >= 11 is 0. The normalized spacial score (nSPS) is 12.9. The first kappa shape index (κ1) is 16.0. The van der Waals surface area contributed by atoms with Gasteiger partial charge in [-0.25, -0.2) is 0 Å². The molecule has 1 aromatic heterocycles. The monoisotopic (exact) mass is 293 g/mol. The number of ether oxygens (including phenoxy) is 3. The Balaban J connectivity index is 1.77. The van der Waals surface area contributed by atoms with Crippen molar-refractivity contribution in [3.8, 4) is 0 Å². The zero-order valence-electron chi connectivity index (χ0n) is 12.6. The van der Waals surface area contributed by atoms with E-state index >= 15 is 0 Å². The Labute approximate surface area is 125 Å². The molecule has 0 amide bonds. The topological polar surface area (TPSA) is 52.9 Å². The van der Waals surface area contributed by atoms with Gasteiger partial charge in [0.15, 0.2) is 0 Å². The Morgan fingerprint density at radius 1 is 1.10 bits per heavy atom. The Hall–Kier alpha value is -1.40. The van der Waals surface area contributed by atoms with Gasteiger partial charge in [-0.05, 0) is 19.2 Å². The lowest BCUT2D eigenvalue weighted by Crippen LogP contribution is -2.22. The second-order valence-electron chi connectivity index (χ2n) is 4.71. The smallest absolute Gasteiger partial charge is 0.134 e.